The number of hydrogen-bond acceptors (Lipinski definition) is 4. The van der Waals surface area contributed by atoms with Crippen molar-refractivity contribution in [1.29, 1.82) is 0 Å². The van der Waals surface area contributed by atoms with E-state index in [0.717, 1.165) is 16.6 Å². The molecular formula is C21H23F3N4O2. The number of amides is 1. The molecule has 1 amide bonds. The highest BCUT2D eigenvalue weighted by Crippen LogP contribution is 2.19. The number of hydrogen-bond donors (Lipinski definition) is 1. The molecule has 0 bridgehead atoms. The lowest BCUT2D eigenvalue weighted by atomic mass is 10.1. The SMILES string of the molecule is Cc1nc2c(cnn2C(C)C)cc1C(=O)NCc1ccc(COCC(F)(F)F)cc1. The Kier molecular flexibility index (Phi) is 6.40. The van der Waals surface area contributed by atoms with Gasteiger partial charge in [-0.3, -0.25) is 4.79 Å². The van der Waals surface area contributed by atoms with Crippen LogP contribution in [0.3, 0.4) is 0 Å². The van der Waals surface area contributed by atoms with Gasteiger partial charge in [-0.25, -0.2) is 9.67 Å². The zero-order valence-corrected chi connectivity index (χ0v) is 17.0. The number of alkyl halides is 3. The van der Waals surface area contributed by atoms with Gasteiger partial charge in [-0.15, -0.1) is 0 Å². The standard InChI is InChI=1S/C21H23F3N4O2/c1-13(2)28-19-17(10-26-28)8-18(14(3)27-19)20(29)25-9-15-4-6-16(7-5-15)11-30-12-21(22,23)24/h4-8,10,13H,9,11-12H2,1-3H3,(H,25,29). The van der Waals surface area contributed by atoms with Crippen LogP contribution in [0.25, 0.3) is 11.0 Å². The maximum absolute atomic E-state index is 12.6. The first-order valence-electron chi connectivity index (χ1n) is 9.49. The van der Waals surface area contributed by atoms with Crippen LogP contribution in [-0.4, -0.2) is 33.5 Å². The van der Waals surface area contributed by atoms with Gasteiger partial charge in [-0.2, -0.15) is 18.3 Å². The molecule has 3 aromatic rings. The third-order valence-corrected chi connectivity index (χ3v) is 4.50. The summed E-state index contributed by atoms with van der Waals surface area (Å²) in [4.78, 5) is 17.2. The molecule has 9 heteroatoms. The number of nitrogens with zero attached hydrogens (tertiary/aromatic N) is 3. The molecule has 30 heavy (non-hydrogen) atoms. The summed E-state index contributed by atoms with van der Waals surface area (Å²) >= 11 is 0. The van der Waals surface area contributed by atoms with E-state index in [1.165, 1.54) is 0 Å². The van der Waals surface area contributed by atoms with E-state index in [1.54, 1.807) is 43.5 Å². The van der Waals surface area contributed by atoms with Crippen LogP contribution in [0.1, 0.15) is 47.1 Å². The van der Waals surface area contributed by atoms with E-state index in [-0.39, 0.29) is 25.1 Å². The fourth-order valence-electron chi connectivity index (χ4n) is 2.99. The van der Waals surface area contributed by atoms with E-state index < -0.39 is 12.8 Å². The molecule has 0 aliphatic heterocycles. The lowest BCUT2D eigenvalue weighted by molar-refractivity contribution is -0.176. The quantitative estimate of drug-likeness (QED) is 0.618. The van der Waals surface area contributed by atoms with Crippen molar-refractivity contribution in [2.75, 3.05) is 6.61 Å². The van der Waals surface area contributed by atoms with Gasteiger partial charge in [0, 0.05) is 18.0 Å². The minimum absolute atomic E-state index is 0.124. The van der Waals surface area contributed by atoms with E-state index in [0.29, 0.717) is 16.8 Å². The Morgan fingerprint density at radius 1 is 1.20 bits per heavy atom. The molecule has 0 atom stereocenters. The number of halogens is 3. The number of benzene rings is 1. The zero-order chi connectivity index (χ0) is 21.9. The Bertz CT molecular complexity index is 1030. The fourth-order valence-corrected chi connectivity index (χ4v) is 2.99. The van der Waals surface area contributed by atoms with Gasteiger partial charge < -0.3 is 10.1 Å². The highest BCUT2D eigenvalue weighted by atomic mass is 19.4. The van der Waals surface area contributed by atoms with Crippen LogP contribution in [0.4, 0.5) is 13.2 Å². The maximum atomic E-state index is 12.6. The minimum Gasteiger partial charge on any atom is -0.367 e. The number of nitrogens with one attached hydrogen (secondary N) is 1. The second-order valence-corrected chi connectivity index (χ2v) is 7.32. The van der Waals surface area contributed by atoms with Crippen molar-refractivity contribution in [2.45, 2.75) is 46.1 Å². The predicted molar refractivity (Wildman–Crippen MR) is 106 cm³/mol. The molecule has 0 spiro atoms. The van der Waals surface area contributed by atoms with Gasteiger partial charge in [0.2, 0.25) is 0 Å². The number of carbonyl (C=O) groups is 1. The van der Waals surface area contributed by atoms with E-state index in [4.69, 9.17) is 0 Å². The van der Waals surface area contributed by atoms with E-state index in [1.807, 2.05) is 18.5 Å². The first kappa shape index (κ1) is 21.8. The van der Waals surface area contributed by atoms with Crippen LogP contribution < -0.4 is 5.32 Å². The maximum Gasteiger partial charge on any atom is 0.411 e. The molecule has 0 radical (unpaired) electrons. The third kappa shape index (κ3) is 5.35. The van der Waals surface area contributed by atoms with Gasteiger partial charge >= 0.3 is 6.18 Å². The molecule has 2 aromatic heterocycles. The number of carbonyl (C=O) groups excluding carboxylic acids is 1. The van der Waals surface area contributed by atoms with Crippen LogP contribution in [0.5, 0.6) is 0 Å². The molecule has 0 aliphatic rings. The normalized spacial score (nSPS) is 12.0. The van der Waals surface area contributed by atoms with Gasteiger partial charge in [0.25, 0.3) is 5.91 Å². The first-order chi connectivity index (χ1) is 14.1. The summed E-state index contributed by atoms with van der Waals surface area (Å²) < 4.78 is 42.8. The largest absolute Gasteiger partial charge is 0.411 e. The molecule has 2 heterocycles. The topological polar surface area (TPSA) is 69.0 Å². The monoisotopic (exact) mass is 420 g/mol. The number of ether oxygens (including phenoxy) is 1. The molecule has 0 unspecified atom stereocenters. The number of rotatable bonds is 7. The van der Waals surface area contributed by atoms with Crippen LogP contribution in [0, 0.1) is 6.92 Å². The summed E-state index contributed by atoms with van der Waals surface area (Å²) in [7, 11) is 0. The van der Waals surface area contributed by atoms with Crippen molar-refractivity contribution < 1.29 is 22.7 Å². The second kappa shape index (κ2) is 8.83. The molecule has 1 N–H and O–H groups in total. The summed E-state index contributed by atoms with van der Waals surface area (Å²) in [6.07, 6.45) is -2.65. The van der Waals surface area contributed by atoms with Crippen LogP contribution in [-0.2, 0) is 17.9 Å². The Morgan fingerprint density at radius 2 is 1.87 bits per heavy atom. The number of aromatic nitrogens is 3. The molecule has 1 aromatic carbocycles. The Balaban J connectivity index is 1.61. The molecule has 0 fully saturated rings. The van der Waals surface area contributed by atoms with Gasteiger partial charge in [0.15, 0.2) is 5.65 Å². The van der Waals surface area contributed by atoms with Gasteiger partial charge in [0.1, 0.15) is 6.61 Å². The van der Waals surface area contributed by atoms with Gasteiger partial charge in [0.05, 0.1) is 24.1 Å². The molecule has 3 rings (SSSR count). The summed E-state index contributed by atoms with van der Waals surface area (Å²) in [6, 6.07) is 8.78. The summed E-state index contributed by atoms with van der Waals surface area (Å²) in [5.41, 5.74) is 3.27. The summed E-state index contributed by atoms with van der Waals surface area (Å²) in [5.74, 6) is -0.253. The number of pyridine rings is 1. The lowest BCUT2D eigenvalue weighted by Crippen LogP contribution is -2.24. The van der Waals surface area contributed by atoms with Crippen molar-refractivity contribution in [3.63, 3.8) is 0 Å². The highest BCUT2D eigenvalue weighted by molar-refractivity contribution is 5.98. The lowest BCUT2D eigenvalue weighted by Gasteiger charge is -2.10. The van der Waals surface area contributed by atoms with E-state index in [9.17, 15) is 18.0 Å². The average Bonchev–Trinajstić information content (AvgIpc) is 3.08. The average molecular weight is 420 g/mol. The Hall–Kier alpha value is -2.94. The van der Waals surface area contributed by atoms with Crippen molar-refractivity contribution >= 4 is 16.9 Å². The molecule has 0 saturated heterocycles. The van der Waals surface area contributed by atoms with Gasteiger partial charge in [-0.05, 0) is 38.0 Å². The molecule has 160 valence electrons. The van der Waals surface area contributed by atoms with Crippen LogP contribution in [0.15, 0.2) is 36.5 Å². The molecule has 0 saturated carbocycles. The minimum atomic E-state index is -4.34. The Morgan fingerprint density at radius 3 is 2.50 bits per heavy atom. The van der Waals surface area contributed by atoms with E-state index >= 15 is 0 Å². The third-order valence-electron chi connectivity index (χ3n) is 4.50. The summed E-state index contributed by atoms with van der Waals surface area (Å²) in [6.45, 7) is 4.68. The van der Waals surface area contributed by atoms with Crippen molar-refractivity contribution in [3.8, 4) is 0 Å². The molecular weight excluding hydrogens is 397 g/mol. The van der Waals surface area contributed by atoms with Crippen LogP contribution >= 0.6 is 0 Å². The van der Waals surface area contributed by atoms with E-state index in [2.05, 4.69) is 20.1 Å². The zero-order valence-electron chi connectivity index (χ0n) is 17.0. The Labute approximate surface area is 172 Å². The number of aryl methyl sites for hydroxylation is 1. The van der Waals surface area contributed by atoms with Gasteiger partial charge in [-0.1, -0.05) is 24.3 Å². The predicted octanol–water partition coefficient (Wildman–Crippen LogP) is 4.33. The molecule has 0 aliphatic carbocycles. The molecule has 6 nitrogen and oxygen atoms in total. The van der Waals surface area contributed by atoms with Crippen LogP contribution in [0.2, 0.25) is 0 Å². The fraction of sp³-hybridized carbons (Fsp3) is 0.381. The smallest absolute Gasteiger partial charge is 0.367 e. The first-order valence-corrected chi connectivity index (χ1v) is 9.49. The second-order valence-electron chi connectivity index (χ2n) is 7.32. The van der Waals surface area contributed by atoms with Crippen molar-refractivity contribution in [3.05, 3.63) is 58.9 Å². The van der Waals surface area contributed by atoms with Crippen molar-refractivity contribution in [2.24, 2.45) is 0 Å². The van der Waals surface area contributed by atoms with Crippen molar-refractivity contribution in [1.82, 2.24) is 20.1 Å². The number of fused-ring (bicyclic) bond motifs is 1. The summed E-state index contributed by atoms with van der Waals surface area (Å²) in [5, 5.41) is 7.96. The highest BCUT2D eigenvalue weighted by Gasteiger charge is 2.27.